The number of halogens is 4. The maximum atomic E-state index is 13.5. The number of nitrogens with one attached hydrogen (secondary N) is 1. The van der Waals surface area contributed by atoms with E-state index in [1.165, 1.54) is 24.3 Å². The molecule has 194 valence electrons. The first-order chi connectivity index (χ1) is 17.7. The van der Waals surface area contributed by atoms with E-state index in [1.54, 1.807) is 17.0 Å². The first-order valence-corrected chi connectivity index (χ1v) is 12.2. The summed E-state index contributed by atoms with van der Waals surface area (Å²) in [5.74, 6) is -0.570. The average Bonchev–Trinajstić information content (AvgIpc) is 2.91. The van der Waals surface area contributed by atoms with Crippen molar-refractivity contribution in [2.24, 2.45) is 0 Å². The molecule has 0 atom stereocenters. The minimum Gasteiger partial charge on any atom is -0.351 e. The van der Waals surface area contributed by atoms with E-state index in [9.17, 15) is 27.2 Å². The van der Waals surface area contributed by atoms with Crippen molar-refractivity contribution in [3.8, 4) is 0 Å². The number of carbonyl (C=O) groups is 2. The highest BCUT2D eigenvalue weighted by Crippen LogP contribution is 2.36. The lowest BCUT2D eigenvalue weighted by Crippen LogP contribution is -2.52. The van der Waals surface area contributed by atoms with Gasteiger partial charge in [0.15, 0.2) is 0 Å². The Kier molecular flexibility index (Phi) is 7.95. The molecule has 3 aromatic carbocycles. The lowest BCUT2D eigenvalue weighted by atomic mass is 9.72. The van der Waals surface area contributed by atoms with Gasteiger partial charge < -0.3 is 10.2 Å². The van der Waals surface area contributed by atoms with Crippen LogP contribution in [0, 0.1) is 5.82 Å². The van der Waals surface area contributed by atoms with E-state index in [0.29, 0.717) is 37.9 Å². The van der Waals surface area contributed by atoms with Crippen molar-refractivity contribution in [1.29, 1.82) is 0 Å². The van der Waals surface area contributed by atoms with Gasteiger partial charge in [-0.15, -0.1) is 0 Å². The number of piperidine rings is 1. The minimum atomic E-state index is -4.39. The number of hydrogen-bond donors (Lipinski definition) is 1. The molecule has 1 aliphatic rings. The molecule has 4 rings (SSSR count). The molecule has 0 aliphatic carbocycles. The van der Waals surface area contributed by atoms with Gasteiger partial charge in [-0.2, -0.15) is 13.2 Å². The first-order valence-electron chi connectivity index (χ1n) is 12.2. The number of benzene rings is 3. The van der Waals surface area contributed by atoms with E-state index in [0.717, 1.165) is 23.3 Å². The van der Waals surface area contributed by atoms with Crippen molar-refractivity contribution in [1.82, 2.24) is 10.2 Å². The van der Waals surface area contributed by atoms with Gasteiger partial charge >= 0.3 is 6.18 Å². The van der Waals surface area contributed by atoms with E-state index < -0.39 is 17.2 Å². The van der Waals surface area contributed by atoms with Crippen molar-refractivity contribution in [2.45, 2.75) is 43.8 Å². The molecule has 0 aromatic heterocycles. The molecule has 1 heterocycles. The molecule has 0 unspecified atom stereocenters. The number of hydrogen-bond acceptors (Lipinski definition) is 2. The van der Waals surface area contributed by atoms with Crippen LogP contribution in [-0.2, 0) is 34.1 Å². The van der Waals surface area contributed by atoms with Crippen LogP contribution in [0.5, 0.6) is 0 Å². The number of carbonyl (C=O) groups excluding carboxylic acids is 2. The number of likely N-dealkylation sites (tertiary alicyclic amines) is 1. The Morgan fingerprint density at radius 2 is 1.43 bits per heavy atom. The predicted octanol–water partition coefficient (Wildman–Crippen LogP) is 5.65. The highest BCUT2D eigenvalue weighted by molar-refractivity contribution is 5.89. The van der Waals surface area contributed by atoms with Crippen LogP contribution in [0.1, 0.15) is 41.5 Å². The Labute approximate surface area is 213 Å². The Balaban J connectivity index is 1.38. The van der Waals surface area contributed by atoms with Gasteiger partial charge in [0.1, 0.15) is 5.82 Å². The van der Waals surface area contributed by atoms with Gasteiger partial charge in [-0.1, -0.05) is 54.6 Å². The van der Waals surface area contributed by atoms with Gasteiger partial charge in [0.2, 0.25) is 11.8 Å². The zero-order chi connectivity index (χ0) is 26.5. The van der Waals surface area contributed by atoms with Gasteiger partial charge in [-0.05, 0) is 60.2 Å². The molecule has 1 saturated heterocycles. The Hall–Kier alpha value is -3.68. The zero-order valence-electron chi connectivity index (χ0n) is 20.2. The maximum absolute atomic E-state index is 13.5. The van der Waals surface area contributed by atoms with Gasteiger partial charge in [-0.25, -0.2) is 4.39 Å². The summed E-state index contributed by atoms with van der Waals surface area (Å²) in [6, 6.07) is 20.3. The monoisotopic (exact) mass is 512 g/mol. The van der Waals surface area contributed by atoms with E-state index in [4.69, 9.17) is 0 Å². The third-order valence-electron chi connectivity index (χ3n) is 7.01. The van der Waals surface area contributed by atoms with Crippen molar-refractivity contribution in [3.63, 3.8) is 0 Å². The Bertz CT molecular complexity index is 1200. The van der Waals surface area contributed by atoms with Gasteiger partial charge in [0.05, 0.1) is 11.0 Å². The third kappa shape index (κ3) is 6.37. The molecule has 0 bridgehead atoms. The van der Waals surface area contributed by atoms with Crippen LogP contribution in [0.25, 0.3) is 0 Å². The average molecular weight is 513 g/mol. The Morgan fingerprint density at radius 3 is 2.03 bits per heavy atom. The zero-order valence-corrected chi connectivity index (χ0v) is 20.2. The summed E-state index contributed by atoms with van der Waals surface area (Å²) >= 11 is 0. The highest BCUT2D eigenvalue weighted by atomic mass is 19.4. The summed E-state index contributed by atoms with van der Waals surface area (Å²) in [7, 11) is 0. The fourth-order valence-corrected chi connectivity index (χ4v) is 4.77. The minimum absolute atomic E-state index is 0.0896. The van der Waals surface area contributed by atoms with Crippen LogP contribution in [0.2, 0.25) is 0 Å². The molecule has 37 heavy (non-hydrogen) atoms. The molecule has 8 heteroatoms. The molecule has 3 aromatic rings. The lowest BCUT2D eigenvalue weighted by Gasteiger charge is -2.41. The fourth-order valence-electron chi connectivity index (χ4n) is 4.77. The molecule has 0 spiro atoms. The highest BCUT2D eigenvalue weighted by Gasteiger charge is 2.43. The second-order valence-electron chi connectivity index (χ2n) is 9.33. The van der Waals surface area contributed by atoms with Crippen molar-refractivity contribution < 1.29 is 27.2 Å². The molecule has 0 saturated carbocycles. The van der Waals surface area contributed by atoms with E-state index in [1.807, 2.05) is 30.3 Å². The van der Waals surface area contributed by atoms with Crippen LogP contribution in [0.4, 0.5) is 17.6 Å². The molecule has 1 fully saturated rings. The summed E-state index contributed by atoms with van der Waals surface area (Å²) < 4.78 is 51.5. The van der Waals surface area contributed by atoms with Crippen LogP contribution < -0.4 is 5.32 Å². The number of nitrogens with zero attached hydrogens (tertiary/aromatic N) is 1. The molecule has 2 amide bonds. The van der Waals surface area contributed by atoms with Crippen molar-refractivity contribution in [2.75, 3.05) is 13.1 Å². The standard InChI is InChI=1S/C29H28F4N2O2/c30-25-13-8-22(9-14-25)20-34-27(37)28(23-4-2-1-3-5-23)16-18-35(19-17-28)26(36)15-10-21-6-11-24(12-7-21)29(31,32)33/h1-9,11-14H,10,15-20H2,(H,34,37). The molecule has 1 aliphatic heterocycles. The van der Waals surface area contributed by atoms with Crippen LogP contribution >= 0.6 is 0 Å². The van der Waals surface area contributed by atoms with Gasteiger partial charge in [0.25, 0.3) is 0 Å². The molecule has 4 nitrogen and oxygen atoms in total. The van der Waals surface area contributed by atoms with Gasteiger partial charge in [0, 0.05) is 26.1 Å². The van der Waals surface area contributed by atoms with E-state index >= 15 is 0 Å². The maximum Gasteiger partial charge on any atom is 0.416 e. The number of aryl methyl sites for hydroxylation is 1. The number of rotatable bonds is 7. The van der Waals surface area contributed by atoms with Crippen LogP contribution in [-0.4, -0.2) is 29.8 Å². The number of alkyl halides is 3. The second kappa shape index (κ2) is 11.2. The molecule has 0 radical (unpaired) electrons. The molecular weight excluding hydrogens is 484 g/mol. The van der Waals surface area contributed by atoms with Crippen LogP contribution in [0.15, 0.2) is 78.9 Å². The van der Waals surface area contributed by atoms with E-state index in [-0.39, 0.29) is 30.6 Å². The summed E-state index contributed by atoms with van der Waals surface area (Å²) in [4.78, 5) is 28.1. The summed E-state index contributed by atoms with van der Waals surface area (Å²) in [6.07, 6.45) is -2.98. The SMILES string of the molecule is O=C(CCc1ccc(C(F)(F)F)cc1)N1CCC(C(=O)NCc2ccc(F)cc2)(c2ccccc2)CC1. The predicted molar refractivity (Wildman–Crippen MR) is 132 cm³/mol. The summed E-state index contributed by atoms with van der Waals surface area (Å²) in [6.45, 7) is 1.05. The fraction of sp³-hybridized carbons (Fsp3) is 0.310. The second-order valence-corrected chi connectivity index (χ2v) is 9.33. The summed E-state index contributed by atoms with van der Waals surface area (Å²) in [5.41, 5.74) is 0.814. The molecular formula is C29H28F4N2O2. The normalized spacial score (nSPS) is 15.3. The van der Waals surface area contributed by atoms with Crippen molar-refractivity contribution in [3.05, 3.63) is 107 Å². The third-order valence-corrected chi connectivity index (χ3v) is 7.01. The summed E-state index contributed by atoms with van der Waals surface area (Å²) in [5, 5.41) is 2.99. The topological polar surface area (TPSA) is 49.4 Å². The van der Waals surface area contributed by atoms with Crippen molar-refractivity contribution >= 4 is 11.8 Å². The quantitative estimate of drug-likeness (QED) is 0.416. The van der Waals surface area contributed by atoms with Gasteiger partial charge in [-0.3, -0.25) is 9.59 Å². The first kappa shape index (κ1) is 26.4. The Morgan fingerprint density at radius 1 is 0.838 bits per heavy atom. The van der Waals surface area contributed by atoms with Crippen LogP contribution in [0.3, 0.4) is 0 Å². The molecule has 1 N–H and O–H groups in total. The van der Waals surface area contributed by atoms with E-state index in [2.05, 4.69) is 5.32 Å². The number of amides is 2. The lowest BCUT2D eigenvalue weighted by molar-refractivity contribution is -0.137. The largest absolute Gasteiger partial charge is 0.416 e. The smallest absolute Gasteiger partial charge is 0.351 e.